The first kappa shape index (κ1) is 27.4. The minimum Gasteiger partial charge on any atom is -0.396 e. The molecule has 0 bridgehead atoms. The number of aliphatic hydroxyl groups excluding tert-OH is 1. The van der Waals surface area contributed by atoms with Crippen LogP contribution in [-0.4, -0.2) is 11.7 Å². The van der Waals surface area contributed by atoms with Gasteiger partial charge in [0.2, 0.25) is 0 Å². The van der Waals surface area contributed by atoms with Gasteiger partial charge >= 0.3 is 0 Å². The maximum absolute atomic E-state index is 8.69. The second-order valence-corrected chi connectivity index (χ2v) is 7.52. The van der Waals surface area contributed by atoms with E-state index in [1.54, 1.807) is 0 Å². The van der Waals surface area contributed by atoms with Gasteiger partial charge in [0.25, 0.3) is 0 Å². The quantitative estimate of drug-likeness (QED) is 0.123. The molecule has 0 aromatic rings. The molecule has 0 aliphatic carbocycles. The van der Waals surface area contributed by atoms with E-state index in [1.165, 1.54) is 70.6 Å². The molecular formula is C28H46O. The van der Waals surface area contributed by atoms with Gasteiger partial charge in [-0.15, -0.1) is 0 Å². The summed E-state index contributed by atoms with van der Waals surface area (Å²) in [6.45, 7) is 2.39. The van der Waals surface area contributed by atoms with Crippen molar-refractivity contribution in [1.82, 2.24) is 0 Å². The minimum absolute atomic E-state index is 0.300. The molecule has 164 valence electrons. The van der Waals surface area contributed by atoms with E-state index in [0.717, 1.165) is 19.3 Å². The van der Waals surface area contributed by atoms with Crippen molar-refractivity contribution in [3.8, 4) is 0 Å². The van der Waals surface area contributed by atoms with Crippen molar-refractivity contribution in [2.75, 3.05) is 6.61 Å². The van der Waals surface area contributed by atoms with E-state index in [2.05, 4.69) is 79.8 Å². The Kier molecular flexibility index (Phi) is 24.9. The highest BCUT2D eigenvalue weighted by Crippen LogP contribution is 2.10. The largest absolute Gasteiger partial charge is 0.396 e. The van der Waals surface area contributed by atoms with Crippen LogP contribution in [0.1, 0.15) is 96.8 Å². The van der Waals surface area contributed by atoms with Gasteiger partial charge in [0, 0.05) is 6.61 Å². The lowest BCUT2D eigenvalue weighted by Gasteiger charge is -2.00. The predicted molar refractivity (Wildman–Crippen MR) is 132 cm³/mol. The fourth-order valence-electron chi connectivity index (χ4n) is 2.98. The second-order valence-electron chi connectivity index (χ2n) is 7.52. The summed E-state index contributed by atoms with van der Waals surface area (Å²) in [5, 5.41) is 8.69. The molecule has 0 atom stereocenters. The van der Waals surface area contributed by atoms with E-state index in [-0.39, 0.29) is 0 Å². The molecule has 0 heterocycles. The van der Waals surface area contributed by atoms with Crippen LogP contribution >= 0.6 is 0 Å². The third-order valence-electron chi connectivity index (χ3n) is 4.75. The molecule has 0 aromatic carbocycles. The zero-order valence-corrected chi connectivity index (χ0v) is 19.0. The Hall–Kier alpha value is -1.60. The zero-order chi connectivity index (χ0) is 21.1. The smallest absolute Gasteiger partial charge is 0.0431 e. The average molecular weight is 399 g/mol. The van der Waals surface area contributed by atoms with Crippen molar-refractivity contribution in [2.45, 2.75) is 96.8 Å². The maximum atomic E-state index is 8.69. The Morgan fingerprint density at radius 1 is 0.414 bits per heavy atom. The summed E-state index contributed by atoms with van der Waals surface area (Å²) in [6, 6.07) is 0. The van der Waals surface area contributed by atoms with Gasteiger partial charge in [-0.1, -0.05) is 105 Å². The molecule has 0 rings (SSSR count). The highest BCUT2D eigenvalue weighted by atomic mass is 16.2. The first-order chi connectivity index (χ1) is 14.4. The number of allylic oxidation sites excluding steroid dienone is 12. The first-order valence-electron chi connectivity index (χ1n) is 11.9. The fourth-order valence-corrected chi connectivity index (χ4v) is 2.98. The van der Waals surface area contributed by atoms with Crippen molar-refractivity contribution >= 4 is 0 Å². The second kappa shape index (κ2) is 26.4. The molecule has 0 unspecified atom stereocenters. The van der Waals surface area contributed by atoms with Crippen LogP contribution in [0.5, 0.6) is 0 Å². The molecule has 0 aliphatic heterocycles. The summed E-state index contributed by atoms with van der Waals surface area (Å²) in [6.07, 6.45) is 43.4. The van der Waals surface area contributed by atoms with Gasteiger partial charge in [0.05, 0.1) is 0 Å². The monoisotopic (exact) mass is 398 g/mol. The van der Waals surface area contributed by atoms with E-state index in [1.807, 2.05) is 0 Å². The van der Waals surface area contributed by atoms with E-state index in [4.69, 9.17) is 5.11 Å². The minimum atomic E-state index is 0.300. The van der Waals surface area contributed by atoms with Gasteiger partial charge < -0.3 is 5.11 Å². The van der Waals surface area contributed by atoms with Gasteiger partial charge in [-0.2, -0.15) is 0 Å². The van der Waals surface area contributed by atoms with Crippen molar-refractivity contribution < 1.29 is 5.11 Å². The Morgan fingerprint density at radius 3 is 1.38 bits per heavy atom. The summed E-state index contributed by atoms with van der Waals surface area (Å²) >= 11 is 0. The number of hydrogen-bond acceptors (Lipinski definition) is 1. The van der Waals surface area contributed by atoms with Gasteiger partial charge in [0.15, 0.2) is 0 Å². The number of rotatable bonds is 20. The molecule has 0 spiro atoms. The third kappa shape index (κ3) is 26.4. The Balaban J connectivity index is 3.33. The normalized spacial score (nSPS) is 13.0. The van der Waals surface area contributed by atoms with Crippen LogP contribution in [0.15, 0.2) is 72.9 Å². The number of aliphatic hydroxyl groups is 1. The third-order valence-corrected chi connectivity index (χ3v) is 4.75. The lowest BCUT2D eigenvalue weighted by Crippen LogP contribution is -1.80. The Bertz CT molecular complexity index is 477. The maximum Gasteiger partial charge on any atom is 0.0431 e. The van der Waals surface area contributed by atoms with E-state index >= 15 is 0 Å². The van der Waals surface area contributed by atoms with Gasteiger partial charge in [-0.25, -0.2) is 0 Å². The van der Waals surface area contributed by atoms with E-state index in [0.29, 0.717) is 6.61 Å². The lowest BCUT2D eigenvalue weighted by atomic mass is 10.1. The van der Waals surface area contributed by atoms with Crippen LogP contribution in [0.3, 0.4) is 0 Å². The summed E-state index contributed by atoms with van der Waals surface area (Å²) in [7, 11) is 0. The molecule has 1 nitrogen and oxygen atoms in total. The van der Waals surface area contributed by atoms with E-state index < -0.39 is 0 Å². The molecular weight excluding hydrogens is 352 g/mol. The molecule has 0 radical (unpaired) electrons. The molecule has 0 saturated heterocycles. The summed E-state index contributed by atoms with van der Waals surface area (Å²) in [5.41, 5.74) is 0. The standard InChI is InChI=1S/C28H46O/c1-2-3-4-5-6-7-8-9-10-11-12-13-14-15-16-17-18-19-20-21-22-23-24-25-26-27-28-29/h2-3,6-7,17-24,29H,4-5,8-16,25-28H2,1H3/b3-2+,7-6+,18-17+,20-19+,22-21+,24-23+. The van der Waals surface area contributed by atoms with Crippen LogP contribution < -0.4 is 0 Å². The Labute approximate surface area is 181 Å². The van der Waals surface area contributed by atoms with Crippen molar-refractivity contribution in [3.05, 3.63) is 72.9 Å². The van der Waals surface area contributed by atoms with E-state index in [9.17, 15) is 0 Å². The Morgan fingerprint density at radius 2 is 0.828 bits per heavy atom. The summed E-state index contributed by atoms with van der Waals surface area (Å²) in [5.74, 6) is 0. The fraction of sp³-hybridized carbons (Fsp3) is 0.571. The van der Waals surface area contributed by atoms with Crippen molar-refractivity contribution in [2.24, 2.45) is 0 Å². The zero-order valence-electron chi connectivity index (χ0n) is 19.0. The predicted octanol–water partition coefficient (Wildman–Crippen LogP) is 8.80. The van der Waals surface area contributed by atoms with Crippen LogP contribution in [0, 0.1) is 0 Å². The van der Waals surface area contributed by atoms with Crippen LogP contribution in [0.4, 0.5) is 0 Å². The summed E-state index contributed by atoms with van der Waals surface area (Å²) < 4.78 is 0. The highest BCUT2D eigenvalue weighted by Gasteiger charge is 1.90. The SMILES string of the molecule is C/C=C/CC/C=C/CCCCCCCCC/C=C/C=C/C=C/C=C/CCCCO. The molecule has 0 aliphatic rings. The molecule has 0 saturated carbocycles. The first-order valence-corrected chi connectivity index (χ1v) is 11.9. The van der Waals surface area contributed by atoms with Gasteiger partial charge in [0.1, 0.15) is 0 Å². The topological polar surface area (TPSA) is 20.2 Å². The molecule has 0 aromatic heterocycles. The van der Waals surface area contributed by atoms with Gasteiger partial charge in [-0.05, 0) is 64.7 Å². The number of hydrogen-bond donors (Lipinski definition) is 1. The summed E-state index contributed by atoms with van der Waals surface area (Å²) in [4.78, 5) is 0. The van der Waals surface area contributed by atoms with Gasteiger partial charge in [-0.3, -0.25) is 0 Å². The van der Waals surface area contributed by atoms with Crippen LogP contribution in [-0.2, 0) is 0 Å². The highest BCUT2D eigenvalue weighted by molar-refractivity contribution is 5.15. The van der Waals surface area contributed by atoms with Crippen LogP contribution in [0.25, 0.3) is 0 Å². The average Bonchev–Trinajstić information content (AvgIpc) is 2.74. The number of unbranched alkanes of at least 4 members (excludes halogenated alkanes) is 11. The van der Waals surface area contributed by atoms with Crippen molar-refractivity contribution in [1.29, 1.82) is 0 Å². The lowest BCUT2D eigenvalue weighted by molar-refractivity contribution is 0.285. The van der Waals surface area contributed by atoms with Crippen molar-refractivity contribution in [3.63, 3.8) is 0 Å². The molecule has 0 fully saturated rings. The molecule has 0 amide bonds. The molecule has 29 heavy (non-hydrogen) atoms. The van der Waals surface area contributed by atoms with Crippen LogP contribution in [0.2, 0.25) is 0 Å². The molecule has 1 N–H and O–H groups in total. The molecule has 1 heteroatoms.